The van der Waals surface area contributed by atoms with Crippen LogP contribution in [0.3, 0.4) is 0 Å². The topological polar surface area (TPSA) is 63.1 Å². The lowest BCUT2D eigenvalue weighted by atomic mass is 10.0. The van der Waals surface area contributed by atoms with E-state index in [2.05, 4.69) is 26.1 Å². The minimum Gasteiger partial charge on any atom is -0.478 e. The molecule has 0 atom stereocenters. The predicted octanol–water partition coefficient (Wildman–Crippen LogP) is 4.21. The van der Waals surface area contributed by atoms with Crippen molar-refractivity contribution in [2.45, 2.75) is 36.6 Å². The van der Waals surface area contributed by atoms with Gasteiger partial charge in [0.25, 0.3) is 0 Å². The van der Waals surface area contributed by atoms with E-state index in [1.165, 1.54) is 11.8 Å². The highest BCUT2D eigenvalue weighted by atomic mass is 79.9. The number of nitrogens with zero attached hydrogens (tertiary/aromatic N) is 2. The van der Waals surface area contributed by atoms with E-state index in [0.29, 0.717) is 17.9 Å². The van der Waals surface area contributed by atoms with Crippen LogP contribution in [0, 0.1) is 0 Å². The summed E-state index contributed by atoms with van der Waals surface area (Å²) in [7, 11) is 0. The zero-order valence-electron chi connectivity index (χ0n) is 11.8. The second kappa shape index (κ2) is 7.04. The third-order valence-electron chi connectivity index (χ3n) is 3.06. The fraction of sp³-hybridized carbons (Fsp3) is 0.267. The fourth-order valence-corrected chi connectivity index (χ4v) is 3.21. The molecule has 1 aromatic carbocycles. The van der Waals surface area contributed by atoms with E-state index in [-0.39, 0.29) is 5.56 Å². The van der Waals surface area contributed by atoms with Crippen molar-refractivity contribution in [1.29, 1.82) is 0 Å². The van der Waals surface area contributed by atoms with Gasteiger partial charge in [0.15, 0.2) is 0 Å². The van der Waals surface area contributed by atoms with E-state index < -0.39 is 5.97 Å². The van der Waals surface area contributed by atoms with Gasteiger partial charge in [-0.3, -0.25) is 0 Å². The lowest BCUT2D eigenvalue weighted by Crippen LogP contribution is -2.11. The van der Waals surface area contributed by atoms with Crippen molar-refractivity contribution in [2.24, 2.45) is 0 Å². The summed E-state index contributed by atoms with van der Waals surface area (Å²) in [6.45, 7) is 3.90. The van der Waals surface area contributed by atoms with Gasteiger partial charge in [0.1, 0.15) is 5.03 Å². The van der Waals surface area contributed by atoms with Crippen molar-refractivity contribution in [2.75, 3.05) is 0 Å². The van der Waals surface area contributed by atoms with Crippen LogP contribution in [0.2, 0.25) is 0 Å². The Balaban J connectivity index is 2.48. The van der Waals surface area contributed by atoms with Crippen molar-refractivity contribution < 1.29 is 9.90 Å². The van der Waals surface area contributed by atoms with Crippen LogP contribution in [-0.4, -0.2) is 21.3 Å². The molecule has 2 rings (SSSR count). The van der Waals surface area contributed by atoms with Gasteiger partial charge >= 0.3 is 5.97 Å². The second-order valence-corrected chi connectivity index (χ2v) is 6.35. The monoisotopic (exact) mass is 366 g/mol. The SMILES string of the molecule is CCc1nnc(Sc2ccc(Br)cc2)c(C(=O)O)c1CC. The largest absolute Gasteiger partial charge is 0.478 e. The molecule has 0 aliphatic carbocycles. The first-order valence-corrected chi connectivity index (χ1v) is 8.22. The molecule has 0 saturated heterocycles. The molecule has 1 aromatic heterocycles. The highest BCUT2D eigenvalue weighted by Crippen LogP contribution is 2.31. The van der Waals surface area contributed by atoms with E-state index in [0.717, 1.165) is 20.6 Å². The summed E-state index contributed by atoms with van der Waals surface area (Å²) >= 11 is 4.70. The van der Waals surface area contributed by atoms with Gasteiger partial charge in [-0.15, -0.1) is 5.10 Å². The molecule has 6 heteroatoms. The molecule has 21 heavy (non-hydrogen) atoms. The van der Waals surface area contributed by atoms with Crippen LogP contribution in [-0.2, 0) is 12.8 Å². The van der Waals surface area contributed by atoms with Gasteiger partial charge in [-0.2, -0.15) is 5.10 Å². The molecule has 1 heterocycles. The first-order valence-electron chi connectivity index (χ1n) is 6.61. The minimum atomic E-state index is -0.948. The molecular formula is C15H15BrN2O2S. The Labute approximate surface area is 136 Å². The maximum atomic E-state index is 11.6. The normalized spacial score (nSPS) is 10.6. The third-order valence-corrected chi connectivity index (χ3v) is 4.57. The Bertz CT molecular complexity index is 659. The van der Waals surface area contributed by atoms with Crippen LogP contribution in [0.4, 0.5) is 0 Å². The van der Waals surface area contributed by atoms with Crippen molar-refractivity contribution >= 4 is 33.7 Å². The summed E-state index contributed by atoms with van der Waals surface area (Å²) in [5, 5.41) is 18.3. The number of rotatable bonds is 5. The van der Waals surface area contributed by atoms with Gasteiger partial charge < -0.3 is 5.11 Å². The predicted molar refractivity (Wildman–Crippen MR) is 86.0 cm³/mol. The van der Waals surface area contributed by atoms with Gasteiger partial charge in [0, 0.05) is 9.37 Å². The van der Waals surface area contributed by atoms with Gasteiger partial charge in [-0.05, 0) is 42.7 Å². The van der Waals surface area contributed by atoms with Gasteiger partial charge in [-0.25, -0.2) is 4.79 Å². The number of aromatic carboxylic acids is 1. The quantitative estimate of drug-likeness (QED) is 0.858. The number of aromatic nitrogens is 2. The number of hydrogen-bond donors (Lipinski definition) is 1. The summed E-state index contributed by atoms with van der Waals surface area (Å²) in [5.41, 5.74) is 1.81. The van der Waals surface area contributed by atoms with Crippen LogP contribution in [0.15, 0.2) is 38.7 Å². The van der Waals surface area contributed by atoms with E-state index in [1.807, 2.05) is 38.1 Å². The lowest BCUT2D eigenvalue weighted by Gasteiger charge is -2.11. The smallest absolute Gasteiger partial charge is 0.338 e. The second-order valence-electron chi connectivity index (χ2n) is 4.37. The zero-order chi connectivity index (χ0) is 15.4. The van der Waals surface area contributed by atoms with Gasteiger partial charge in [0.2, 0.25) is 0 Å². The van der Waals surface area contributed by atoms with Crippen LogP contribution < -0.4 is 0 Å². The summed E-state index contributed by atoms with van der Waals surface area (Å²) in [4.78, 5) is 12.6. The standard InChI is InChI=1S/C15H15BrN2O2S/c1-3-11-12(4-2)17-18-14(13(11)15(19)20)21-10-7-5-9(16)6-8-10/h5-8H,3-4H2,1-2H3,(H,19,20). The Kier molecular flexibility index (Phi) is 5.36. The van der Waals surface area contributed by atoms with Crippen LogP contribution in [0.1, 0.15) is 35.5 Å². The number of aryl methyl sites for hydroxylation is 1. The fourth-order valence-electron chi connectivity index (χ4n) is 2.06. The Morgan fingerprint density at radius 2 is 1.86 bits per heavy atom. The molecule has 0 amide bonds. The van der Waals surface area contributed by atoms with Crippen LogP contribution in [0.25, 0.3) is 0 Å². The first-order chi connectivity index (χ1) is 10.1. The first kappa shape index (κ1) is 16.0. The summed E-state index contributed by atoms with van der Waals surface area (Å²) in [6, 6.07) is 7.66. The molecule has 1 N–H and O–H groups in total. The van der Waals surface area contributed by atoms with E-state index in [4.69, 9.17) is 0 Å². The number of carboxylic acids is 1. The molecule has 0 spiro atoms. The minimum absolute atomic E-state index is 0.275. The average molecular weight is 367 g/mol. The Hall–Kier alpha value is -1.40. The van der Waals surface area contributed by atoms with Crippen molar-refractivity contribution in [3.05, 3.63) is 45.6 Å². The third kappa shape index (κ3) is 3.63. The lowest BCUT2D eigenvalue weighted by molar-refractivity contribution is 0.0690. The Morgan fingerprint density at radius 1 is 1.19 bits per heavy atom. The molecule has 0 unspecified atom stereocenters. The van der Waals surface area contributed by atoms with Crippen molar-refractivity contribution in [3.8, 4) is 0 Å². The number of carbonyl (C=O) groups is 1. The number of halogens is 1. The molecule has 0 radical (unpaired) electrons. The summed E-state index contributed by atoms with van der Waals surface area (Å²) in [5.74, 6) is -0.948. The van der Waals surface area contributed by atoms with Crippen LogP contribution in [0.5, 0.6) is 0 Å². The summed E-state index contributed by atoms with van der Waals surface area (Å²) < 4.78 is 0.979. The van der Waals surface area contributed by atoms with E-state index in [1.54, 1.807) is 0 Å². The molecule has 4 nitrogen and oxygen atoms in total. The number of benzene rings is 1. The molecule has 110 valence electrons. The average Bonchev–Trinajstić information content (AvgIpc) is 2.48. The van der Waals surface area contributed by atoms with Crippen molar-refractivity contribution in [3.63, 3.8) is 0 Å². The number of hydrogen-bond acceptors (Lipinski definition) is 4. The molecule has 0 fully saturated rings. The van der Waals surface area contributed by atoms with E-state index >= 15 is 0 Å². The molecule has 0 saturated carbocycles. The molecule has 0 aliphatic rings. The Morgan fingerprint density at radius 3 is 2.38 bits per heavy atom. The molecule has 0 bridgehead atoms. The van der Waals surface area contributed by atoms with E-state index in [9.17, 15) is 9.90 Å². The molecular weight excluding hydrogens is 352 g/mol. The maximum Gasteiger partial charge on any atom is 0.338 e. The molecule has 2 aromatic rings. The van der Waals surface area contributed by atoms with Gasteiger partial charge in [0.05, 0.1) is 11.3 Å². The highest BCUT2D eigenvalue weighted by Gasteiger charge is 2.20. The zero-order valence-corrected chi connectivity index (χ0v) is 14.2. The summed E-state index contributed by atoms with van der Waals surface area (Å²) in [6.07, 6.45) is 1.31. The van der Waals surface area contributed by atoms with Crippen molar-refractivity contribution in [1.82, 2.24) is 10.2 Å². The van der Waals surface area contributed by atoms with Crippen LogP contribution >= 0.6 is 27.7 Å². The van der Waals surface area contributed by atoms with Gasteiger partial charge in [-0.1, -0.05) is 41.5 Å². The maximum absolute atomic E-state index is 11.6. The number of carboxylic acid groups (broad SMARTS) is 1. The molecule has 0 aliphatic heterocycles. The highest BCUT2D eigenvalue weighted by molar-refractivity contribution is 9.10.